The van der Waals surface area contributed by atoms with Gasteiger partial charge in [0.05, 0.1) is 24.4 Å². The van der Waals surface area contributed by atoms with Crippen LogP contribution in [0.2, 0.25) is 0 Å². The number of anilines is 2. The van der Waals surface area contributed by atoms with Crippen molar-refractivity contribution in [3.05, 3.63) is 54.1 Å². The lowest BCUT2D eigenvalue weighted by atomic mass is 10.0. The Morgan fingerprint density at radius 2 is 1.98 bits per heavy atom. The number of nitrogens with zero attached hydrogens (tertiary/aromatic N) is 2. The maximum atomic E-state index is 13.2. The van der Waals surface area contributed by atoms with Crippen LogP contribution < -0.4 is 16.1 Å². The first-order chi connectivity index (χ1) is 20.3. The van der Waals surface area contributed by atoms with E-state index in [-0.39, 0.29) is 26.5 Å². The molecule has 5 rings (SSSR count). The molecule has 2 heterocycles. The fourth-order valence-electron chi connectivity index (χ4n) is 6.18. The Kier molecular flexibility index (Phi) is 10.2. The number of hydrogen-bond donors (Lipinski definition) is 4. The molecule has 1 saturated carbocycles. The molecule has 228 valence electrons. The van der Waals surface area contributed by atoms with E-state index in [1.165, 1.54) is 6.16 Å². The number of amides is 1. The number of carbonyl (C=O) groups excluding carboxylic acids is 1. The Labute approximate surface area is 249 Å². The molecule has 42 heavy (non-hydrogen) atoms. The summed E-state index contributed by atoms with van der Waals surface area (Å²) in [5.74, 6) is 0.747. The van der Waals surface area contributed by atoms with Gasteiger partial charge >= 0.3 is 6.09 Å². The number of aliphatic hydroxyl groups is 1. The number of alkyl carbamates (subject to hydrolysis) is 1. The van der Waals surface area contributed by atoms with E-state index in [9.17, 15) is 9.90 Å². The van der Waals surface area contributed by atoms with Crippen molar-refractivity contribution < 1.29 is 24.0 Å². The monoisotopic (exact) mass is 597 g/mol. The molecule has 1 aliphatic heterocycles. The van der Waals surface area contributed by atoms with Crippen LogP contribution in [0.5, 0.6) is 0 Å². The van der Waals surface area contributed by atoms with Gasteiger partial charge in [0, 0.05) is 25.6 Å². The molecule has 1 amide bonds. The van der Waals surface area contributed by atoms with Gasteiger partial charge in [0.2, 0.25) is 0 Å². The van der Waals surface area contributed by atoms with Crippen LogP contribution in [0.3, 0.4) is 0 Å². The van der Waals surface area contributed by atoms with E-state index in [1.807, 2.05) is 48.5 Å². The highest BCUT2D eigenvalue weighted by molar-refractivity contribution is 7.58. The van der Waals surface area contributed by atoms with Gasteiger partial charge in [-0.1, -0.05) is 44.2 Å². The Balaban J connectivity index is 1.23. The summed E-state index contributed by atoms with van der Waals surface area (Å²) in [4.78, 5) is 23.5. The molecule has 11 heteroatoms. The van der Waals surface area contributed by atoms with Crippen LogP contribution in [-0.2, 0) is 16.1 Å². The number of nitrogens with one attached hydrogen (secondary N) is 3. The minimum absolute atomic E-state index is 0.0344. The number of fused-ring (bicyclic) bond motifs is 2. The second kappa shape index (κ2) is 14.0. The summed E-state index contributed by atoms with van der Waals surface area (Å²) in [5.41, 5.74) is 6.75. The van der Waals surface area contributed by atoms with Gasteiger partial charge in [0.15, 0.2) is 5.58 Å². The maximum absolute atomic E-state index is 13.2. The third kappa shape index (κ3) is 7.72. The first-order valence-electron chi connectivity index (χ1n) is 14.9. The third-order valence-electron chi connectivity index (χ3n) is 8.28. The zero-order valence-electron chi connectivity index (χ0n) is 25.0. The highest BCUT2D eigenvalue weighted by atomic mass is 31.1. The van der Waals surface area contributed by atoms with Crippen molar-refractivity contribution in [2.45, 2.75) is 63.4 Å². The predicted octanol–water partition coefficient (Wildman–Crippen LogP) is 5.45. The van der Waals surface area contributed by atoms with Crippen molar-refractivity contribution in [3.63, 3.8) is 0 Å². The summed E-state index contributed by atoms with van der Waals surface area (Å²) in [5, 5.41) is 19.1. The van der Waals surface area contributed by atoms with Gasteiger partial charge < -0.3 is 24.9 Å². The Bertz CT molecular complexity index is 1310. The molecule has 1 saturated heterocycles. The molecule has 2 aromatic carbocycles. The lowest BCUT2D eigenvalue weighted by Gasteiger charge is -2.30. The number of carbonyl (C=O) groups is 1. The average Bonchev–Trinajstić information content (AvgIpc) is 3.67. The summed E-state index contributed by atoms with van der Waals surface area (Å²) >= 11 is 0. The maximum Gasteiger partial charge on any atom is 0.407 e. The minimum atomic E-state index is -0.917. The van der Waals surface area contributed by atoms with Crippen molar-refractivity contribution >= 4 is 36.8 Å². The number of oxazole rings is 1. The molecule has 6 unspecified atom stereocenters. The molecule has 1 aromatic heterocycles. The largest absolute Gasteiger partial charge is 0.446 e. The number of rotatable bonds is 13. The second-order valence-electron chi connectivity index (χ2n) is 11.9. The van der Waals surface area contributed by atoms with Crippen molar-refractivity contribution in [2.24, 2.45) is 11.8 Å². The molecule has 10 nitrogen and oxygen atoms in total. The van der Waals surface area contributed by atoms with Crippen LogP contribution in [0.25, 0.3) is 11.1 Å². The molecule has 0 radical (unpaired) electrons. The van der Waals surface area contributed by atoms with Crippen molar-refractivity contribution in [1.29, 1.82) is 0 Å². The fraction of sp³-hybridized carbons (Fsp3) is 0.548. The quantitative estimate of drug-likeness (QED) is 0.151. The lowest BCUT2D eigenvalue weighted by Crippen LogP contribution is -2.51. The number of ether oxygens (including phenoxy) is 1. The van der Waals surface area contributed by atoms with Gasteiger partial charge in [-0.3, -0.25) is 0 Å². The van der Waals surface area contributed by atoms with Crippen molar-refractivity contribution in [1.82, 2.24) is 15.4 Å². The van der Waals surface area contributed by atoms with Crippen molar-refractivity contribution in [3.8, 4) is 0 Å². The molecule has 2 aliphatic rings. The van der Waals surface area contributed by atoms with Gasteiger partial charge in [0.25, 0.3) is 6.01 Å². The Hall–Kier alpha value is -2.91. The summed E-state index contributed by atoms with van der Waals surface area (Å²) in [7, 11) is 1.80. The molecule has 1 aliphatic carbocycles. The molecule has 6 atom stereocenters. The van der Waals surface area contributed by atoms with Gasteiger partial charge in [0.1, 0.15) is 11.6 Å². The van der Waals surface area contributed by atoms with E-state index in [0.29, 0.717) is 41.8 Å². The standard InChI is InChI=1S/C31H44N5O5P/c1-20(2)18-36(41-35-22-10-11-24-28(17-22)39-30(32-3)33-24)19-26(37)25(16-21-8-6-5-7-9-21)34-31(38)40-27-12-13-29-23(27)14-15-42(29)4/h5-11,17,20,23,25-27,29,35,37H,12-16,18-19H2,1-4H3,(H,32,33)(H,34,38). The molecule has 0 bridgehead atoms. The third-order valence-corrected chi connectivity index (χ3v) is 11.0. The zero-order valence-corrected chi connectivity index (χ0v) is 25.8. The highest BCUT2D eigenvalue weighted by Crippen LogP contribution is 2.57. The molecule has 0 spiro atoms. The van der Waals surface area contributed by atoms with Gasteiger partial charge in [-0.05, 0) is 67.8 Å². The SMILES string of the molecule is CNc1nc2ccc(NON(CC(C)C)CC(O)C(Cc3ccccc3)NC(=O)OC3CCC4C3CCP4C)cc2o1. The first kappa shape index (κ1) is 30.5. The smallest absolute Gasteiger partial charge is 0.407 e. The average molecular weight is 598 g/mol. The number of hydrogen-bond acceptors (Lipinski definition) is 9. The van der Waals surface area contributed by atoms with E-state index in [0.717, 1.165) is 30.3 Å². The first-order valence-corrected chi connectivity index (χ1v) is 17.0. The van der Waals surface area contributed by atoms with Crippen LogP contribution in [0.1, 0.15) is 38.7 Å². The summed E-state index contributed by atoms with van der Waals surface area (Å²) < 4.78 is 11.7. The van der Waals surface area contributed by atoms with E-state index in [4.69, 9.17) is 14.1 Å². The summed E-state index contributed by atoms with van der Waals surface area (Å²) in [6, 6.07) is 15.3. The van der Waals surface area contributed by atoms with E-state index in [2.05, 4.69) is 41.6 Å². The molecular weight excluding hydrogens is 553 g/mol. The van der Waals surface area contributed by atoms with E-state index < -0.39 is 18.2 Å². The minimum Gasteiger partial charge on any atom is -0.446 e. The fourth-order valence-corrected chi connectivity index (χ4v) is 8.80. The zero-order chi connectivity index (χ0) is 29.6. The number of hydroxylamine groups is 2. The van der Waals surface area contributed by atoms with Crippen LogP contribution in [0.4, 0.5) is 16.5 Å². The van der Waals surface area contributed by atoms with Gasteiger partial charge in [-0.2, -0.15) is 15.0 Å². The van der Waals surface area contributed by atoms with Gasteiger partial charge in [-0.25, -0.2) is 10.3 Å². The summed E-state index contributed by atoms with van der Waals surface area (Å²) in [6.07, 6.45) is 3.55. The van der Waals surface area contributed by atoms with Crippen LogP contribution in [-0.4, -0.2) is 78.1 Å². The molecule has 4 N–H and O–H groups in total. The Morgan fingerprint density at radius 1 is 1.17 bits per heavy atom. The van der Waals surface area contributed by atoms with Crippen LogP contribution in [0, 0.1) is 11.8 Å². The Morgan fingerprint density at radius 3 is 2.74 bits per heavy atom. The summed E-state index contributed by atoms with van der Waals surface area (Å²) in [6.45, 7) is 7.28. The topological polar surface area (TPSA) is 121 Å². The van der Waals surface area contributed by atoms with E-state index in [1.54, 1.807) is 12.1 Å². The molecule has 3 aromatic rings. The van der Waals surface area contributed by atoms with Crippen LogP contribution >= 0.6 is 7.92 Å². The predicted molar refractivity (Wildman–Crippen MR) is 167 cm³/mol. The van der Waals surface area contributed by atoms with Gasteiger partial charge in [-0.15, -0.1) is 7.92 Å². The van der Waals surface area contributed by atoms with Crippen molar-refractivity contribution in [2.75, 3.05) is 43.8 Å². The van der Waals surface area contributed by atoms with Crippen LogP contribution in [0.15, 0.2) is 52.9 Å². The molecule has 2 fully saturated rings. The molecular formula is C31H44N5O5P. The number of aliphatic hydroxyl groups excluding tert-OH is 1. The number of aromatic nitrogens is 1. The van der Waals surface area contributed by atoms with E-state index >= 15 is 0 Å². The number of benzene rings is 2. The highest BCUT2D eigenvalue weighted by Gasteiger charge is 2.45. The second-order valence-corrected chi connectivity index (χ2v) is 14.5. The normalized spacial score (nSPS) is 23.2. The lowest BCUT2D eigenvalue weighted by molar-refractivity contribution is -0.157.